The number of halogens is 1. The zero-order chi connectivity index (χ0) is 22.7. The van der Waals surface area contributed by atoms with Crippen LogP contribution >= 0.6 is 15.9 Å². The zero-order valence-electron chi connectivity index (χ0n) is 18.7. The van der Waals surface area contributed by atoms with Crippen molar-refractivity contribution in [3.8, 4) is 5.75 Å². The molecule has 168 valence electrons. The Morgan fingerprint density at radius 1 is 1.28 bits per heavy atom. The van der Waals surface area contributed by atoms with Crippen molar-refractivity contribution in [2.24, 2.45) is 0 Å². The third kappa shape index (κ3) is 5.05. The number of aryl methyl sites for hydroxylation is 2. The number of carbonyl (C=O) groups is 1. The second kappa shape index (κ2) is 9.88. The van der Waals surface area contributed by atoms with Gasteiger partial charge in [0.1, 0.15) is 11.9 Å². The van der Waals surface area contributed by atoms with Crippen LogP contribution in [0.5, 0.6) is 5.75 Å². The zero-order valence-corrected chi connectivity index (χ0v) is 20.3. The number of carbonyl (C=O) groups excluding carboxylic acids is 1. The Morgan fingerprint density at radius 3 is 2.91 bits per heavy atom. The Labute approximate surface area is 197 Å². The van der Waals surface area contributed by atoms with E-state index >= 15 is 0 Å². The normalized spacial score (nSPS) is 16.1. The number of amides is 1. The van der Waals surface area contributed by atoms with Crippen molar-refractivity contribution in [1.29, 1.82) is 0 Å². The summed E-state index contributed by atoms with van der Waals surface area (Å²) in [6.45, 7) is 4.21. The molecule has 1 aliphatic heterocycles. The number of hydrogen-bond donors (Lipinski definition) is 0. The van der Waals surface area contributed by atoms with Crippen LogP contribution in [-0.2, 0) is 11.2 Å². The van der Waals surface area contributed by atoms with Crippen molar-refractivity contribution >= 4 is 38.6 Å². The fourth-order valence-corrected chi connectivity index (χ4v) is 4.37. The first-order valence-electron chi connectivity index (χ1n) is 10.8. The third-order valence-electron chi connectivity index (χ3n) is 5.86. The lowest BCUT2D eigenvalue weighted by Gasteiger charge is -2.20. The molecule has 2 heterocycles. The fraction of sp³-hybridized carbons (Fsp3) is 0.360. The molecule has 1 unspecified atom stereocenters. The molecule has 1 amide bonds. The van der Waals surface area contributed by atoms with Gasteiger partial charge in [-0.15, -0.1) is 0 Å². The minimum atomic E-state index is -0.276. The lowest BCUT2D eigenvalue weighted by Crippen LogP contribution is -2.33. The van der Waals surface area contributed by atoms with E-state index in [2.05, 4.69) is 51.1 Å². The number of benzene rings is 2. The van der Waals surface area contributed by atoms with Crippen molar-refractivity contribution in [1.82, 2.24) is 9.88 Å². The summed E-state index contributed by atoms with van der Waals surface area (Å²) in [6.07, 6.45) is 3.29. The quantitative estimate of drug-likeness (QED) is 0.427. The maximum Gasteiger partial charge on any atom is 0.414 e. The van der Waals surface area contributed by atoms with Crippen molar-refractivity contribution in [3.05, 3.63) is 64.3 Å². The van der Waals surface area contributed by atoms with Crippen LogP contribution in [0.1, 0.15) is 17.5 Å². The molecule has 0 radical (unpaired) electrons. The van der Waals surface area contributed by atoms with E-state index in [0.29, 0.717) is 13.1 Å². The fourth-order valence-electron chi connectivity index (χ4n) is 4.12. The van der Waals surface area contributed by atoms with Gasteiger partial charge in [-0.1, -0.05) is 28.1 Å². The van der Waals surface area contributed by atoms with Gasteiger partial charge in [-0.2, -0.15) is 0 Å². The maximum atomic E-state index is 12.4. The van der Waals surface area contributed by atoms with E-state index in [0.717, 1.165) is 51.8 Å². The van der Waals surface area contributed by atoms with Crippen LogP contribution in [0.3, 0.4) is 0 Å². The number of rotatable bonds is 8. The highest BCUT2D eigenvalue weighted by atomic mass is 79.9. The Hall–Kier alpha value is -2.64. The highest BCUT2D eigenvalue weighted by molar-refractivity contribution is 9.10. The standard InChI is InChI=1S/C25H28BrN3O3/c1-17-12-19(9-10-23(17)26)29-16-21(32-25(29)30)15-28(2)11-5-7-18-6-4-8-24-22(18)13-20(31-3)14-27-24/h4,6,8-10,12-14,21H,5,7,11,15-16H2,1-3H3. The average molecular weight is 498 g/mol. The van der Waals surface area contributed by atoms with Gasteiger partial charge in [-0.25, -0.2) is 4.79 Å². The Morgan fingerprint density at radius 2 is 2.12 bits per heavy atom. The number of likely N-dealkylation sites (N-methyl/N-ethyl adjacent to an activating group) is 1. The van der Waals surface area contributed by atoms with Crippen LogP contribution in [0.15, 0.2) is 53.1 Å². The van der Waals surface area contributed by atoms with E-state index in [-0.39, 0.29) is 12.2 Å². The topological polar surface area (TPSA) is 54.9 Å². The van der Waals surface area contributed by atoms with E-state index < -0.39 is 0 Å². The van der Waals surface area contributed by atoms with Gasteiger partial charge in [-0.05, 0) is 74.8 Å². The first-order valence-corrected chi connectivity index (χ1v) is 11.6. The first-order chi connectivity index (χ1) is 15.4. The molecule has 32 heavy (non-hydrogen) atoms. The number of ether oxygens (including phenoxy) is 2. The summed E-state index contributed by atoms with van der Waals surface area (Å²) < 4.78 is 12.0. The summed E-state index contributed by atoms with van der Waals surface area (Å²) in [5, 5.41) is 1.14. The van der Waals surface area contributed by atoms with E-state index in [9.17, 15) is 4.79 Å². The monoisotopic (exact) mass is 497 g/mol. The minimum Gasteiger partial charge on any atom is -0.495 e. The molecule has 1 atom stereocenters. The van der Waals surface area contributed by atoms with E-state index in [1.54, 1.807) is 18.2 Å². The summed E-state index contributed by atoms with van der Waals surface area (Å²) in [4.78, 5) is 20.8. The SMILES string of the molecule is COc1cnc2cccc(CCCN(C)CC3CN(c4ccc(Br)c(C)c4)C(=O)O3)c2c1. The van der Waals surface area contributed by atoms with Crippen molar-refractivity contribution in [2.75, 3.05) is 38.7 Å². The van der Waals surface area contributed by atoms with Crippen LogP contribution in [0.2, 0.25) is 0 Å². The van der Waals surface area contributed by atoms with Crippen LogP contribution in [0, 0.1) is 6.92 Å². The average Bonchev–Trinajstić information content (AvgIpc) is 3.15. The molecule has 2 aromatic carbocycles. The molecule has 1 aliphatic rings. The van der Waals surface area contributed by atoms with Gasteiger partial charge in [0.15, 0.2) is 0 Å². The molecule has 0 bridgehead atoms. The van der Waals surface area contributed by atoms with Gasteiger partial charge in [0, 0.05) is 22.1 Å². The van der Waals surface area contributed by atoms with Crippen LogP contribution in [-0.4, -0.2) is 55.9 Å². The van der Waals surface area contributed by atoms with Gasteiger partial charge in [0.25, 0.3) is 0 Å². The molecule has 0 aliphatic carbocycles. The van der Waals surface area contributed by atoms with Crippen molar-refractivity contribution in [2.45, 2.75) is 25.9 Å². The number of nitrogens with zero attached hydrogens (tertiary/aromatic N) is 3. The summed E-state index contributed by atoms with van der Waals surface area (Å²) in [5.41, 5.74) is 4.22. The summed E-state index contributed by atoms with van der Waals surface area (Å²) in [6, 6.07) is 14.2. The summed E-state index contributed by atoms with van der Waals surface area (Å²) >= 11 is 3.51. The Bertz CT molecular complexity index is 1120. The van der Waals surface area contributed by atoms with E-state index in [1.165, 1.54) is 5.56 Å². The molecular formula is C25H28BrN3O3. The van der Waals surface area contributed by atoms with Crippen molar-refractivity contribution in [3.63, 3.8) is 0 Å². The highest BCUT2D eigenvalue weighted by Gasteiger charge is 2.33. The predicted octanol–water partition coefficient (Wildman–Crippen LogP) is 5.20. The van der Waals surface area contributed by atoms with Crippen LogP contribution in [0.25, 0.3) is 10.9 Å². The largest absolute Gasteiger partial charge is 0.495 e. The number of methoxy groups -OCH3 is 1. The van der Waals surface area contributed by atoms with Gasteiger partial charge in [0.2, 0.25) is 0 Å². The summed E-state index contributed by atoms with van der Waals surface area (Å²) in [7, 11) is 3.74. The van der Waals surface area contributed by atoms with Gasteiger partial charge < -0.3 is 14.4 Å². The molecule has 0 N–H and O–H groups in total. The number of pyridine rings is 1. The van der Waals surface area contributed by atoms with Crippen LogP contribution in [0.4, 0.5) is 10.5 Å². The van der Waals surface area contributed by atoms with Crippen molar-refractivity contribution < 1.29 is 14.3 Å². The lowest BCUT2D eigenvalue weighted by atomic mass is 10.0. The number of fused-ring (bicyclic) bond motifs is 1. The first kappa shape index (κ1) is 22.6. The molecule has 4 rings (SSSR count). The van der Waals surface area contributed by atoms with E-state index in [1.807, 2.05) is 31.2 Å². The van der Waals surface area contributed by atoms with Gasteiger partial charge in [-0.3, -0.25) is 9.88 Å². The number of hydrogen-bond acceptors (Lipinski definition) is 5. The second-order valence-corrected chi connectivity index (χ2v) is 9.13. The summed E-state index contributed by atoms with van der Waals surface area (Å²) in [5.74, 6) is 0.774. The molecule has 0 spiro atoms. The molecule has 1 aromatic heterocycles. The third-order valence-corrected chi connectivity index (χ3v) is 6.74. The molecule has 0 saturated carbocycles. The number of anilines is 1. The number of cyclic esters (lactones) is 1. The molecule has 6 nitrogen and oxygen atoms in total. The molecule has 1 saturated heterocycles. The molecule has 7 heteroatoms. The Balaban J connectivity index is 1.31. The molecule has 1 fully saturated rings. The van der Waals surface area contributed by atoms with Crippen LogP contribution < -0.4 is 9.64 Å². The van der Waals surface area contributed by atoms with Gasteiger partial charge in [0.05, 0.1) is 25.4 Å². The highest BCUT2D eigenvalue weighted by Crippen LogP contribution is 2.27. The van der Waals surface area contributed by atoms with Gasteiger partial charge >= 0.3 is 6.09 Å². The smallest absolute Gasteiger partial charge is 0.414 e. The Kier molecular flexibility index (Phi) is 6.96. The maximum absolute atomic E-state index is 12.4. The molecule has 3 aromatic rings. The second-order valence-electron chi connectivity index (χ2n) is 8.27. The number of aromatic nitrogens is 1. The lowest BCUT2D eigenvalue weighted by molar-refractivity contribution is 0.117. The minimum absolute atomic E-state index is 0.137. The van der Waals surface area contributed by atoms with E-state index in [4.69, 9.17) is 9.47 Å². The molecular weight excluding hydrogens is 470 g/mol. The predicted molar refractivity (Wildman–Crippen MR) is 131 cm³/mol.